The minimum absolute atomic E-state index is 0.0120. The van der Waals surface area contributed by atoms with Crippen molar-refractivity contribution in [3.8, 4) is 5.88 Å². The van der Waals surface area contributed by atoms with Crippen LogP contribution in [0.5, 0.6) is 5.88 Å². The van der Waals surface area contributed by atoms with Crippen LogP contribution in [-0.2, 0) is 24.4 Å². The molecule has 286 valence electrons. The van der Waals surface area contributed by atoms with Crippen LogP contribution in [0, 0.1) is 11.7 Å². The molecule has 2 aliphatic carbocycles. The Bertz CT molecular complexity index is 2340. The van der Waals surface area contributed by atoms with E-state index in [-0.39, 0.29) is 37.3 Å². The molecule has 0 bridgehead atoms. The number of carbonyl (C=O) groups excluding carboxylic acids is 4. The average molecular weight is 770 g/mol. The van der Waals surface area contributed by atoms with Crippen LogP contribution in [-0.4, -0.2) is 87.4 Å². The molecule has 2 aromatic heterocycles. The molecule has 4 aliphatic rings. The van der Waals surface area contributed by atoms with Crippen LogP contribution in [0.1, 0.15) is 68.1 Å². The van der Waals surface area contributed by atoms with Gasteiger partial charge in [0.05, 0.1) is 17.4 Å². The van der Waals surface area contributed by atoms with E-state index in [0.29, 0.717) is 48.5 Å². The van der Waals surface area contributed by atoms with Crippen molar-refractivity contribution in [3.05, 3.63) is 84.6 Å². The number of carbonyl (C=O) groups is 4. The summed E-state index contributed by atoms with van der Waals surface area (Å²) < 4.78 is 49.1. The Kier molecular flexibility index (Phi) is 9.69. The predicted molar refractivity (Wildman–Crippen MR) is 198 cm³/mol. The molecule has 5 atom stereocenters. The molecule has 4 aromatic rings. The van der Waals surface area contributed by atoms with Crippen molar-refractivity contribution in [1.29, 1.82) is 0 Å². The van der Waals surface area contributed by atoms with Crippen LogP contribution < -0.4 is 20.1 Å². The summed E-state index contributed by atoms with van der Waals surface area (Å²) in [5.41, 5.74) is -1.37. The third-order valence-electron chi connectivity index (χ3n) is 10.9. The molecular formula is C39H40FN7O7S. The smallest absolute Gasteiger partial charge is 0.259 e. The van der Waals surface area contributed by atoms with E-state index < -0.39 is 74.4 Å². The van der Waals surface area contributed by atoms with Crippen molar-refractivity contribution in [2.45, 2.75) is 86.8 Å². The molecule has 2 aromatic carbocycles. The second-order valence-corrected chi connectivity index (χ2v) is 16.7. The van der Waals surface area contributed by atoms with Gasteiger partial charge in [0.2, 0.25) is 27.7 Å². The number of hydrogen-bond acceptors (Lipinski definition) is 10. The lowest BCUT2D eigenvalue weighted by Gasteiger charge is -2.30. The SMILES string of the molecule is O=C(N[C@H]1CCCCC/C=C\[C@@H]2C[C@@]2(C(=O)NS(=O)(=O)C2CC2)NC(=O)[C@@H]2C[C@@H](Oc3nc4ncncc4c4ccccc34)CN2C1=O)c1ccccc1F. The van der Waals surface area contributed by atoms with Crippen molar-refractivity contribution in [3.63, 3.8) is 0 Å². The third kappa shape index (κ3) is 7.34. The predicted octanol–water partition coefficient (Wildman–Crippen LogP) is 3.47. The van der Waals surface area contributed by atoms with Crippen molar-refractivity contribution in [2.24, 2.45) is 5.92 Å². The lowest BCUT2D eigenvalue weighted by atomic mass is 10.0. The third-order valence-corrected chi connectivity index (χ3v) is 12.7. The van der Waals surface area contributed by atoms with E-state index in [1.165, 1.54) is 29.4 Å². The highest BCUT2D eigenvalue weighted by molar-refractivity contribution is 7.91. The Labute approximate surface area is 316 Å². The Morgan fingerprint density at radius 3 is 2.56 bits per heavy atom. The number of allylic oxidation sites excluding steroid dienone is 1. The molecule has 0 unspecified atom stereocenters. The lowest BCUT2D eigenvalue weighted by molar-refractivity contribution is -0.141. The van der Waals surface area contributed by atoms with Gasteiger partial charge in [-0.2, -0.15) is 4.98 Å². The second-order valence-electron chi connectivity index (χ2n) is 14.7. The number of aromatic nitrogens is 3. The molecule has 14 nitrogen and oxygen atoms in total. The van der Waals surface area contributed by atoms with Gasteiger partial charge in [0.25, 0.3) is 11.8 Å². The highest BCUT2D eigenvalue weighted by atomic mass is 32.2. The number of ether oxygens (including phenoxy) is 1. The molecule has 16 heteroatoms. The van der Waals surface area contributed by atoms with Crippen molar-refractivity contribution < 1.29 is 36.7 Å². The normalized spacial score (nSPS) is 26.5. The van der Waals surface area contributed by atoms with E-state index in [0.717, 1.165) is 17.9 Å². The van der Waals surface area contributed by atoms with Gasteiger partial charge in [-0.1, -0.05) is 55.3 Å². The summed E-state index contributed by atoms with van der Waals surface area (Å²) in [4.78, 5) is 70.6. The molecule has 4 heterocycles. The van der Waals surface area contributed by atoms with Gasteiger partial charge in [0.15, 0.2) is 5.65 Å². The van der Waals surface area contributed by atoms with Gasteiger partial charge in [-0.25, -0.2) is 22.8 Å². The summed E-state index contributed by atoms with van der Waals surface area (Å²) in [6.45, 7) is -0.0839. The zero-order valence-corrected chi connectivity index (χ0v) is 30.6. The van der Waals surface area contributed by atoms with Crippen LogP contribution in [0.4, 0.5) is 4.39 Å². The van der Waals surface area contributed by atoms with Gasteiger partial charge in [0.1, 0.15) is 35.9 Å². The minimum atomic E-state index is -3.92. The van der Waals surface area contributed by atoms with Crippen molar-refractivity contribution >= 4 is 55.5 Å². The Morgan fingerprint density at radius 2 is 1.76 bits per heavy atom. The van der Waals surface area contributed by atoms with Gasteiger partial charge in [-0.15, -0.1) is 0 Å². The molecule has 0 spiro atoms. The van der Waals surface area contributed by atoms with Crippen LogP contribution in [0.2, 0.25) is 0 Å². The molecule has 8 rings (SSSR count). The first-order chi connectivity index (χ1) is 26.5. The monoisotopic (exact) mass is 769 g/mol. The number of nitrogens with zero attached hydrogens (tertiary/aromatic N) is 4. The zero-order valence-electron chi connectivity index (χ0n) is 29.8. The fraction of sp³-hybridized carbons (Fsp3) is 0.410. The first-order valence-corrected chi connectivity index (χ1v) is 20.1. The summed E-state index contributed by atoms with van der Waals surface area (Å²) in [6, 6.07) is 10.6. The first kappa shape index (κ1) is 36.5. The summed E-state index contributed by atoms with van der Waals surface area (Å²) in [7, 11) is -3.92. The molecule has 4 amide bonds. The number of hydrogen-bond donors (Lipinski definition) is 3. The summed E-state index contributed by atoms with van der Waals surface area (Å²) in [5.74, 6) is -3.80. The van der Waals surface area contributed by atoms with Crippen LogP contribution in [0.15, 0.2) is 73.2 Å². The highest BCUT2D eigenvalue weighted by Crippen LogP contribution is 2.46. The maximum absolute atomic E-state index is 14.7. The second kappa shape index (κ2) is 14.6. The minimum Gasteiger partial charge on any atom is -0.472 e. The summed E-state index contributed by atoms with van der Waals surface area (Å²) in [5, 5.41) is 7.10. The standard InChI is InChI=1S/C39H40FN7O7S/c40-30-14-9-8-13-28(30)34(48)43-31-15-5-3-1-2-4-10-23-19-39(23,38(51)46-55(52,53)25-16-17-25)45-35(49)32-18-24(21-47(32)37(31)50)54-36-27-12-7-6-11-26(27)29-20-41-22-42-33(29)44-36/h4,6-14,20,22-25,31-32H,1-3,5,15-19,21H2,(H,43,48)(H,45,49)(H,46,51)/b10-4-/t23-,24-,31+,32+,39-/m1/s1. The Balaban J connectivity index is 1.13. The number of benzene rings is 2. The van der Waals surface area contributed by atoms with Gasteiger partial charge < -0.3 is 20.3 Å². The molecule has 3 N–H and O–H groups in total. The fourth-order valence-corrected chi connectivity index (χ4v) is 9.00. The quantitative estimate of drug-likeness (QED) is 0.186. The average Bonchev–Trinajstić information content (AvgIpc) is 4.10. The number of halogens is 1. The largest absolute Gasteiger partial charge is 0.472 e. The van der Waals surface area contributed by atoms with Gasteiger partial charge >= 0.3 is 0 Å². The van der Waals surface area contributed by atoms with Crippen LogP contribution >= 0.6 is 0 Å². The zero-order chi connectivity index (χ0) is 38.3. The number of fused-ring (bicyclic) bond motifs is 5. The molecule has 2 aliphatic heterocycles. The molecular weight excluding hydrogens is 730 g/mol. The van der Waals surface area contributed by atoms with E-state index in [1.54, 1.807) is 6.20 Å². The van der Waals surface area contributed by atoms with E-state index in [2.05, 4.69) is 30.3 Å². The number of amides is 4. The van der Waals surface area contributed by atoms with Crippen LogP contribution in [0.3, 0.4) is 0 Å². The molecule has 2 saturated carbocycles. The van der Waals surface area contributed by atoms with Crippen molar-refractivity contribution in [1.82, 2.24) is 35.2 Å². The van der Waals surface area contributed by atoms with Gasteiger partial charge in [-0.3, -0.25) is 23.9 Å². The molecule has 3 fully saturated rings. The first-order valence-electron chi connectivity index (χ1n) is 18.6. The Hall–Kier alpha value is -5.51. The molecule has 0 radical (unpaired) electrons. The Morgan fingerprint density at radius 1 is 0.982 bits per heavy atom. The number of nitrogens with one attached hydrogen (secondary N) is 3. The topological polar surface area (TPSA) is 190 Å². The van der Waals surface area contributed by atoms with Gasteiger partial charge in [0, 0.05) is 29.3 Å². The molecule has 1 saturated heterocycles. The fourth-order valence-electron chi connectivity index (χ4n) is 7.64. The number of rotatable bonds is 7. The summed E-state index contributed by atoms with van der Waals surface area (Å²) in [6.07, 6.45) is 9.97. The van der Waals surface area contributed by atoms with E-state index >= 15 is 0 Å². The maximum atomic E-state index is 14.7. The van der Waals surface area contributed by atoms with E-state index in [4.69, 9.17) is 4.74 Å². The lowest BCUT2D eigenvalue weighted by Crippen LogP contribution is -2.58. The summed E-state index contributed by atoms with van der Waals surface area (Å²) >= 11 is 0. The van der Waals surface area contributed by atoms with Gasteiger partial charge in [-0.05, 0) is 62.1 Å². The highest BCUT2D eigenvalue weighted by Gasteiger charge is 2.62. The molecule has 55 heavy (non-hydrogen) atoms. The number of pyridine rings is 1. The van der Waals surface area contributed by atoms with E-state index in [1.807, 2.05) is 36.4 Å². The van der Waals surface area contributed by atoms with Crippen molar-refractivity contribution in [2.75, 3.05) is 6.54 Å². The maximum Gasteiger partial charge on any atom is 0.259 e. The van der Waals surface area contributed by atoms with E-state index in [9.17, 15) is 32.0 Å². The number of sulfonamides is 1. The van der Waals surface area contributed by atoms with Crippen LogP contribution in [0.25, 0.3) is 21.8 Å².